The summed E-state index contributed by atoms with van der Waals surface area (Å²) in [7, 11) is 3.88. The maximum atomic E-state index is 12.8. The van der Waals surface area contributed by atoms with Crippen molar-refractivity contribution in [1.29, 1.82) is 0 Å². The fourth-order valence-electron chi connectivity index (χ4n) is 3.61. The number of nitrogens with two attached hydrogens (primary N) is 1. The Morgan fingerprint density at radius 1 is 1.21 bits per heavy atom. The van der Waals surface area contributed by atoms with Gasteiger partial charge in [-0.05, 0) is 32.0 Å². The molecule has 0 unspecified atom stereocenters. The molecule has 28 heavy (non-hydrogen) atoms. The third-order valence-electron chi connectivity index (χ3n) is 5.32. The monoisotopic (exact) mass is 428 g/mol. The van der Waals surface area contributed by atoms with Crippen LogP contribution in [-0.4, -0.2) is 63.7 Å². The molecule has 0 aliphatic carbocycles. The van der Waals surface area contributed by atoms with Gasteiger partial charge in [-0.25, -0.2) is 0 Å². The average Bonchev–Trinajstić information content (AvgIpc) is 3.21. The number of halogens is 2. The van der Waals surface area contributed by atoms with E-state index >= 15 is 0 Å². The highest BCUT2D eigenvalue weighted by atomic mass is 35.5. The van der Waals surface area contributed by atoms with Gasteiger partial charge in [-0.2, -0.15) is 0 Å². The zero-order valence-corrected chi connectivity index (χ0v) is 18.2. The molecule has 0 spiro atoms. The van der Waals surface area contributed by atoms with Crippen LogP contribution in [0.25, 0.3) is 0 Å². The van der Waals surface area contributed by atoms with Crippen molar-refractivity contribution in [3.63, 3.8) is 0 Å². The minimum Gasteiger partial charge on any atom is -0.341 e. The first kappa shape index (κ1) is 24.4. The van der Waals surface area contributed by atoms with Crippen LogP contribution in [-0.2, 0) is 18.4 Å². The molecular formula is C19H30Cl2N6O. The molecule has 0 radical (unpaired) electrons. The van der Waals surface area contributed by atoms with Gasteiger partial charge in [0.05, 0.1) is 13.1 Å². The molecule has 2 aromatic rings. The predicted octanol–water partition coefficient (Wildman–Crippen LogP) is 1.60. The van der Waals surface area contributed by atoms with E-state index in [0.717, 1.165) is 24.7 Å². The Hall–Kier alpha value is -1.67. The molecule has 9 heteroatoms. The smallest absolute Gasteiger partial charge is 0.236 e. The standard InChI is InChI=1S/C19H28N6O.2ClH/c1-14-21-22-18(24(14)3)12-23(2)13-19(26)25-10-16(9-20)17(11-25)15-7-5-4-6-8-15;;/h4-8,16-17H,9-13,20H2,1-3H3;2*1H/t16-,17+;;/m1../s1. The molecule has 2 atom stereocenters. The Morgan fingerprint density at radius 2 is 1.89 bits per heavy atom. The van der Waals surface area contributed by atoms with Crippen LogP contribution in [0.5, 0.6) is 0 Å². The van der Waals surface area contributed by atoms with Crippen LogP contribution in [0.15, 0.2) is 30.3 Å². The van der Waals surface area contributed by atoms with Gasteiger partial charge in [0, 0.05) is 26.1 Å². The zero-order valence-electron chi connectivity index (χ0n) is 16.6. The van der Waals surface area contributed by atoms with E-state index in [9.17, 15) is 4.79 Å². The van der Waals surface area contributed by atoms with Crippen LogP contribution in [0.3, 0.4) is 0 Å². The van der Waals surface area contributed by atoms with Crippen LogP contribution in [0, 0.1) is 12.8 Å². The zero-order chi connectivity index (χ0) is 18.7. The second-order valence-electron chi connectivity index (χ2n) is 7.21. The molecule has 3 rings (SSSR count). The Bertz CT molecular complexity index is 754. The van der Waals surface area contributed by atoms with E-state index in [1.807, 2.05) is 53.6 Å². The van der Waals surface area contributed by atoms with Crippen LogP contribution in [0.4, 0.5) is 0 Å². The number of benzene rings is 1. The lowest BCUT2D eigenvalue weighted by Gasteiger charge is -2.21. The fraction of sp³-hybridized carbons (Fsp3) is 0.526. The first-order chi connectivity index (χ1) is 12.5. The molecule has 0 bridgehead atoms. The van der Waals surface area contributed by atoms with Crippen molar-refractivity contribution in [3.8, 4) is 0 Å². The molecular weight excluding hydrogens is 399 g/mol. The predicted molar refractivity (Wildman–Crippen MR) is 115 cm³/mol. The number of amides is 1. The first-order valence-corrected chi connectivity index (χ1v) is 9.05. The largest absolute Gasteiger partial charge is 0.341 e. The number of likely N-dealkylation sites (tertiary alicyclic amines) is 1. The fourth-order valence-corrected chi connectivity index (χ4v) is 3.61. The van der Waals surface area contributed by atoms with Gasteiger partial charge in [0.15, 0.2) is 0 Å². The van der Waals surface area contributed by atoms with Crippen molar-refractivity contribution < 1.29 is 4.79 Å². The second kappa shape index (κ2) is 10.8. The summed E-state index contributed by atoms with van der Waals surface area (Å²) in [6.07, 6.45) is 0. The lowest BCUT2D eigenvalue weighted by Crippen LogP contribution is -2.38. The van der Waals surface area contributed by atoms with Gasteiger partial charge in [0.2, 0.25) is 5.91 Å². The molecule has 2 N–H and O–H groups in total. The van der Waals surface area contributed by atoms with Crippen LogP contribution in [0.1, 0.15) is 23.1 Å². The van der Waals surface area contributed by atoms with E-state index in [-0.39, 0.29) is 30.7 Å². The van der Waals surface area contributed by atoms with Crippen molar-refractivity contribution in [1.82, 2.24) is 24.6 Å². The summed E-state index contributed by atoms with van der Waals surface area (Å²) in [6.45, 7) is 4.94. The molecule has 7 nitrogen and oxygen atoms in total. The SMILES string of the molecule is Cc1nnc(CN(C)CC(=O)N2C[C@@H](CN)[C@H](c3ccccc3)C2)n1C.Cl.Cl. The number of aromatic nitrogens is 3. The summed E-state index contributed by atoms with van der Waals surface area (Å²) < 4.78 is 1.95. The highest BCUT2D eigenvalue weighted by Gasteiger charge is 2.35. The van der Waals surface area contributed by atoms with E-state index in [1.165, 1.54) is 5.56 Å². The minimum atomic E-state index is 0. The molecule has 1 aliphatic heterocycles. The van der Waals surface area contributed by atoms with Crippen LogP contribution in [0.2, 0.25) is 0 Å². The van der Waals surface area contributed by atoms with Crippen molar-refractivity contribution in [2.45, 2.75) is 19.4 Å². The number of hydrogen-bond donors (Lipinski definition) is 1. The molecule has 1 aliphatic rings. The van der Waals surface area contributed by atoms with Gasteiger partial charge in [-0.15, -0.1) is 35.0 Å². The van der Waals surface area contributed by atoms with Crippen molar-refractivity contribution in [3.05, 3.63) is 47.5 Å². The Balaban J connectivity index is 0.00000196. The summed E-state index contributed by atoms with van der Waals surface area (Å²) in [5.74, 6) is 2.50. The number of rotatable bonds is 6. The number of hydrogen-bond acceptors (Lipinski definition) is 5. The highest BCUT2D eigenvalue weighted by Crippen LogP contribution is 2.32. The third kappa shape index (κ3) is 5.44. The normalized spacial score (nSPS) is 18.7. The molecule has 1 aromatic carbocycles. The summed E-state index contributed by atoms with van der Waals surface area (Å²) in [6, 6.07) is 10.4. The van der Waals surface area contributed by atoms with Gasteiger partial charge < -0.3 is 15.2 Å². The van der Waals surface area contributed by atoms with Gasteiger partial charge in [0.25, 0.3) is 0 Å². The number of nitrogens with zero attached hydrogens (tertiary/aromatic N) is 5. The number of carbonyl (C=O) groups excluding carboxylic acids is 1. The van der Waals surface area contributed by atoms with Gasteiger partial charge in [0.1, 0.15) is 11.6 Å². The van der Waals surface area contributed by atoms with Crippen LogP contribution < -0.4 is 5.73 Å². The summed E-state index contributed by atoms with van der Waals surface area (Å²) in [4.78, 5) is 16.7. The molecule has 0 saturated carbocycles. The summed E-state index contributed by atoms with van der Waals surface area (Å²) in [5, 5.41) is 8.23. The van der Waals surface area contributed by atoms with Gasteiger partial charge in [-0.1, -0.05) is 30.3 Å². The van der Waals surface area contributed by atoms with Crippen molar-refractivity contribution in [2.75, 3.05) is 33.2 Å². The number of aryl methyl sites for hydroxylation is 1. The highest BCUT2D eigenvalue weighted by molar-refractivity contribution is 5.85. The number of likely N-dealkylation sites (N-methyl/N-ethyl adjacent to an activating group) is 1. The molecule has 1 aromatic heterocycles. The molecule has 2 heterocycles. The topological polar surface area (TPSA) is 80.3 Å². The van der Waals surface area contributed by atoms with E-state index < -0.39 is 0 Å². The molecule has 156 valence electrons. The molecule has 1 fully saturated rings. The first-order valence-electron chi connectivity index (χ1n) is 9.05. The van der Waals surface area contributed by atoms with Gasteiger partial charge >= 0.3 is 0 Å². The van der Waals surface area contributed by atoms with Gasteiger partial charge in [-0.3, -0.25) is 9.69 Å². The van der Waals surface area contributed by atoms with Crippen molar-refractivity contribution in [2.24, 2.45) is 18.7 Å². The Morgan fingerprint density at radius 3 is 2.46 bits per heavy atom. The lowest BCUT2D eigenvalue weighted by atomic mass is 9.89. The maximum absolute atomic E-state index is 12.8. The Kier molecular flexibility index (Phi) is 9.36. The number of carbonyl (C=O) groups is 1. The van der Waals surface area contributed by atoms with Crippen LogP contribution >= 0.6 is 24.8 Å². The second-order valence-corrected chi connectivity index (χ2v) is 7.21. The van der Waals surface area contributed by atoms with E-state index in [4.69, 9.17) is 5.73 Å². The lowest BCUT2D eigenvalue weighted by molar-refractivity contribution is -0.131. The minimum absolute atomic E-state index is 0. The van der Waals surface area contributed by atoms with E-state index in [1.54, 1.807) is 0 Å². The molecule has 1 amide bonds. The summed E-state index contributed by atoms with van der Waals surface area (Å²) in [5.41, 5.74) is 7.24. The quantitative estimate of drug-likeness (QED) is 0.755. The van der Waals surface area contributed by atoms with Crippen molar-refractivity contribution >= 4 is 30.7 Å². The average molecular weight is 429 g/mol. The Labute approximate surface area is 179 Å². The third-order valence-corrected chi connectivity index (χ3v) is 5.32. The maximum Gasteiger partial charge on any atom is 0.236 e. The summed E-state index contributed by atoms with van der Waals surface area (Å²) >= 11 is 0. The molecule has 1 saturated heterocycles. The van der Waals surface area contributed by atoms with E-state index in [0.29, 0.717) is 31.5 Å². The van der Waals surface area contributed by atoms with E-state index in [2.05, 4.69) is 22.3 Å².